The zero-order valence-corrected chi connectivity index (χ0v) is 31.4. The zero-order chi connectivity index (χ0) is 38.6. The van der Waals surface area contributed by atoms with E-state index in [1.807, 2.05) is 36.4 Å². The SMILES string of the molecule is [C-]#[N+]C1C=Cc2c(c3cc(-c4ccccc4)ccc3n2-c2c(-c3ccccc3)cc(-c3nc(-c4ccccc4)nc4c3oc3ccccc34)cc2-c2ccccc2)C1. The van der Waals surface area contributed by atoms with Crippen molar-refractivity contribution in [3.05, 3.63) is 205 Å². The normalized spacial score (nSPS) is 13.5. The van der Waals surface area contributed by atoms with Crippen LogP contribution in [0.4, 0.5) is 0 Å². The van der Waals surface area contributed by atoms with Crippen molar-refractivity contribution in [2.75, 3.05) is 0 Å². The van der Waals surface area contributed by atoms with Crippen LogP contribution in [0.3, 0.4) is 0 Å². The Kier molecular flexibility index (Phi) is 7.94. The van der Waals surface area contributed by atoms with Gasteiger partial charge in [-0.2, -0.15) is 0 Å². The second kappa shape index (κ2) is 13.7. The van der Waals surface area contributed by atoms with Gasteiger partial charge in [-0.25, -0.2) is 16.5 Å². The van der Waals surface area contributed by atoms with E-state index in [2.05, 4.69) is 161 Å². The Balaban J connectivity index is 1.26. The first-order chi connectivity index (χ1) is 28.7. The first-order valence-electron chi connectivity index (χ1n) is 19.5. The minimum absolute atomic E-state index is 0.223. The van der Waals surface area contributed by atoms with E-state index in [1.165, 1.54) is 5.56 Å². The molecule has 1 aliphatic carbocycles. The third-order valence-electron chi connectivity index (χ3n) is 11.3. The summed E-state index contributed by atoms with van der Waals surface area (Å²) < 4.78 is 9.09. The summed E-state index contributed by atoms with van der Waals surface area (Å²) in [5.41, 5.74) is 15.8. The Hall–Kier alpha value is -7.81. The first kappa shape index (κ1) is 33.5. The van der Waals surface area contributed by atoms with Crippen LogP contribution in [-0.4, -0.2) is 20.6 Å². The molecule has 3 aromatic heterocycles. The maximum absolute atomic E-state index is 8.00. The number of fused-ring (bicyclic) bond motifs is 6. The number of para-hydroxylation sites is 1. The highest BCUT2D eigenvalue weighted by atomic mass is 16.3. The largest absolute Gasteiger partial charge is 0.452 e. The average molecular weight is 743 g/mol. The lowest BCUT2D eigenvalue weighted by Gasteiger charge is -2.22. The van der Waals surface area contributed by atoms with Crippen molar-refractivity contribution in [1.82, 2.24) is 14.5 Å². The number of rotatable bonds is 6. The van der Waals surface area contributed by atoms with Crippen LogP contribution in [0.1, 0.15) is 11.3 Å². The van der Waals surface area contributed by atoms with Crippen molar-refractivity contribution in [2.45, 2.75) is 12.5 Å². The maximum atomic E-state index is 8.00. The summed E-state index contributed by atoms with van der Waals surface area (Å²) in [5.74, 6) is 0.639. The molecule has 1 aliphatic rings. The number of aromatic nitrogens is 3. The van der Waals surface area contributed by atoms with E-state index in [4.69, 9.17) is 21.0 Å². The highest BCUT2D eigenvalue weighted by Crippen LogP contribution is 2.46. The van der Waals surface area contributed by atoms with Crippen molar-refractivity contribution < 1.29 is 4.42 Å². The summed E-state index contributed by atoms with van der Waals surface area (Å²) in [7, 11) is 0. The van der Waals surface area contributed by atoms with Crippen molar-refractivity contribution in [1.29, 1.82) is 0 Å². The van der Waals surface area contributed by atoms with Gasteiger partial charge in [-0.15, -0.1) is 0 Å². The molecule has 5 nitrogen and oxygen atoms in total. The lowest BCUT2D eigenvalue weighted by atomic mass is 9.91. The minimum Gasteiger partial charge on any atom is -0.452 e. The molecule has 1 atom stereocenters. The molecule has 3 heterocycles. The van der Waals surface area contributed by atoms with Crippen LogP contribution in [-0.2, 0) is 6.42 Å². The van der Waals surface area contributed by atoms with Gasteiger partial charge in [0.25, 0.3) is 0 Å². The Morgan fingerprint density at radius 3 is 1.83 bits per heavy atom. The summed E-state index contributed by atoms with van der Waals surface area (Å²) in [5, 5.41) is 2.11. The van der Waals surface area contributed by atoms with E-state index in [0.29, 0.717) is 17.8 Å². The van der Waals surface area contributed by atoms with E-state index in [9.17, 15) is 0 Å². The Morgan fingerprint density at radius 2 is 1.17 bits per heavy atom. The number of hydrogen-bond acceptors (Lipinski definition) is 3. The molecule has 1 unspecified atom stereocenters. The van der Waals surface area contributed by atoms with E-state index in [-0.39, 0.29) is 6.04 Å². The van der Waals surface area contributed by atoms with Gasteiger partial charge in [-0.05, 0) is 76.4 Å². The van der Waals surface area contributed by atoms with Crippen molar-refractivity contribution in [3.63, 3.8) is 0 Å². The van der Waals surface area contributed by atoms with Gasteiger partial charge in [-0.3, -0.25) is 0 Å². The van der Waals surface area contributed by atoms with E-state index in [0.717, 1.165) is 89.0 Å². The molecule has 272 valence electrons. The van der Waals surface area contributed by atoms with E-state index < -0.39 is 0 Å². The van der Waals surface area contributed by atoms with Gasteiger partial charge in [0.2, 0.25) is 6.04 Å². The highest BCUT2D eigenvalue weighted by molar-refractivity contribution is 6.08. The van der Waals surface area contributed by atoms with Gasteiger partial charge >= 0.3 is 0 Å². The second-order valence-electron chi connectivity index (χ2n) is 14.7. The average Bonchev–Trinajstić information content (AvgIpc) is 3.84. The molecule has 7 aromatic carbocycles. The molecule has 0 saturated heterocycles. The Labute approximate surface area is 335 Å². The van der Waals surface area contributed by atoms with E-state index in [1.54, 1.807) is 0 Å². The summed E-state index contributed by atoms with van der Waals surface area (Å²) in [4.78, 5) is 14.4. The summed E-state index contributed by atoms with van der Waals surface area (Å²) in [6, 6.07) is 61.1. The molecule has 0 bridgehead atoms. The van der Waals surface area contributed by atoms with Gasteiger partial charge < -0.3 is 13.8 Å². The van der Waals surface area contributed by atoms with Gasteiger partial charge in [0, 0.05) is 33.0 Å². The van der Waals surface area contributed by atoms with Gasteiger partial charge in [-0.1, -0.05) is 140 Å². The summed E-state index contributed by atoms with van der Waals surface area (Å²) >= 11 is 0. The molecule has 0 saturated carbocycles. The molecule has 10 aromatic rings. The number of benzene rings is 7. The molecular weight excluding hydrogens is 709 g/mol. The fourth-order valence-corrected chi connectivity index (χ4v) is 8.57. The van der Waals surface area contributed by atoms with Crippen molar-refractivity contribution in [2.24, 2.45) is 0 Å². The number of furan rings is 1. The smallest absolute Gasteiger partial charge is 0.246 e. The lowest BCUT2D eigenvalue weighted by molar-refractivity contribution is 0.667. The van der Waals surface area contributed by atoms with E-state index >= 15 is 0 Å². The van der Waals surface area contributed by atoms with Crippen molar-refractivity contribution >= 4 is 39.0 Å². The standard InChI is InChI=1S/C53H34N4O/c1-54-40-27-29-47-45(33-40)44-30-38(34-16-6-2-7-17-34)26-28-46(44)57(47)51-42(35-18-8-3-9-19-35)31-39(32-43(51)36-20-10-4-11-21-36)49-52-50(41-24-14-15-25-48(41)58-52)56-53(55-49)37-22-12-5-13-23-37/h2-32,40H,33H2. The van der Waals surface area contributed by atoms with Crippen LogP contribution in [0.5, 0.6) is 0 Å². The molecule has 0 N–H and O–H groups in total. The Bertz CT molecular complexity index is 3190. The fourth-order valence-electron chi connectivity index (χ4n) is 8.57. The van der Waals surface area contributed by atoms with Crippen molar-refractivity contribution in [3.8, 4) is 61.7 Å². The predicted molar refractivity (Wildman–Crippen MR) is 236 cm³/mol. The third kappa shape index (κ3) is 5.54. The topological polar surface area (TPSA) is 48.2 Å². The van der Waals surface area contributed by atoms with Gasteiger partial charge in [0.1, 0.15) is 16.8 Å². The fraction of sp³-hybridized carbons (Fsp3) is 0.0377. The minimum atomic E-state index is -0.223. The summed E-state index contributed by atoms with van der Waals surface area (Å²) in [6.45, 7) is 8.00. The maximum Gasteiger partial charge on any atom is 0.246 e. The molecule has 0 spiro atoms. The highest BCUT2D eigenvalue weighted by Gasteiger charge is 2.29. The predicted octanol–water partition coefficient (Wildman–Crippen LogP) is 13.5. The summed E-state index contributed by atoms with van der Waals surface area (Å²) in [6.07, 6.45) is 4.87. The third-order valence-corrected chi connectivity index (χ3v) is 11.3. The molecule has 0 fully saturated rings. The molecule has 58 heavy (non-hydrogen) atoms. The Morgan fingerprint density at radius 1 is 0.569 bits per heavy atom. The van der Waals surface area contributed by atoms with Gasteiger partial charge in [0.05, 0.1) is 23.3 Å². The van der Waals surface area contributed by atoms with Crippen LogP contribution in [0.2, 0.25) is 0 Å². The van der Waals surface area contributed by atoms with Crippen LogP contribution >= 0.6 is 0 Å². The molecule has 11 rings (SSSR count). The van der Waals surface area contributed by atoms with Crippen LogP contribution in [0.25, 0.3) is 106 Å². The lowest BCUT2D eigenvalue weighted by Crippen LogP contribution is -2.10. The molecule has 0 amide bonds. The quantitative estimate of drug-likeness (QED) is 0.159. The molecule has 0 radical (unpaired) electrons. The van der Waals surface area contributed by atoms with Crippen LogP contribution in [0.15, 0.2) is 186 Å². The molecular formula is C53H34N4O. The number of hydrogen-bond donors (Lipinski definition) is 0. The monoisotopic (exact) mass is 742 g/mol. The first-order valence-corrected chi connectivity index (χ1v) is 19.5. The van der Waals surface area contributed by atoms with Crippen LogP contribution < -0.4 is 0 Å². The second-order valence-corrected chi connectivity index (χ2v) is 14.7. The van der Waals surface area contributed by atoms with Crippen LogP contribution in [0, 0.1) is 6.57 Å². The van der Waals surface area contributed by atoms with Gasteiger partial charge in [0.15, 0.2) is 11.4 Å². The molecule has 5 heteroatoms. The number of nitrogens with zero attached hydrogens (tertiary/aromatic N) is 4. The zero-order valence-electron chi connectivity index (χ0n) is 31.4. The molecule has 0 aliphatic heterocycles.